The molecule has 0 spiro atoms. The van der Waals surface area contributed by atoms with Crippen molar-refractivity contribution in [1.82, 2.24) is 0 Å². The van der Waals surface area contributed by atoms with Crippen LogP contribution in [0.2, 0.25) is 0 Å². The Morgan fingerprint density at radius 3 is 2.40 bits per heavy atom. The minimum Gasteiger partial charge on any atom is -0.550 e. The Hall–Kier alpha value is -1.68. The highest BCUT2D eigenvalue weighted by Gasteiger charge is 2.28. The molecule has 0 saturated heterocycles. The van der Waals surface area contributed by atoms with Gasteiger partial charge in [0.15, 0.2) is 0 Å². The molecule has 0 radical (unpaired) electrons. The summed E-state index contributed by atoms with van der Waals surface area (Å²) < 4.78 is 0. The second-order valence-electron chi connectivity index (χ2n) is 5.22. The third-order valence-electron chi connectivity index (χ3n) is 3.30. The zero-order valence-corrected chi connectivity index (χ0v) is 11.8. The third kappa shape index (κ3) is 5.97. The van der Waals surface area contributed by atoms with Gasteiger partial charge < -0.3 is 15.0 Å². The van der Waals surface area contributed by atoms with Crippen LogP contribution in [0.4, 0.5) is 0 Å². The summed E-state index contributed by atoms with van der Waals surface area (Å²) in [6, 6.07) is 9.71. The van der Waals surface area contributed by atoms with Gasteiger partial charge in [0.05, 0.1) is 5.60 Å². The summed E-state index contributed by atoms with van der Waals surface area (Å²) in [5, 5.41) is 20.9. The molecule has 0 bridgehead atoms. The standard InChI is InChI=1S/C16H22O4/c1-2-9-16(20,12-14(17)11-15(18)19)10-8-13-6-4-3-5-7-13/h3-7,20H,2,8-12H2,1H3,(H,18,19)/p-1. The fraction of sp³-hybridized carbons (Fsp3) is 0.500. The van der Waals surface area contributed by atoms with E-state index in [4.69, 9.17) is 0 Å². The Morgan fingerprint density at radius 2 is 1.85 bits per heavy atom. The van der Waals surface area contributed by atoms with Crippen molar-refractivity contribution in [2.75, 3.05) is 0 Å². The lowest BCUT2D eigenvalue weighted by molar-refractivity contribution is -0.304. The molecular weight excluding hydrogens is 256 g/mol. The first kappa shape index (κ1) is 16.4. The number of Topliss-reactive ketones (excluding diaryl/α,β-unsaturated/α-hetero) is 1. The molecule has 0 aromatic heterocycles. The summed E-state index contributed by atoms with van der Waals surface area (Å²) in [7, 11) is 0. The number of carbonyl (C=O) groups is 2. The molecule has 4 heteroatoms. The van der Waals surface area contributed by atoms with Gasteiger partial charge >= 0.3 is 0 Å². The molecule has 20 heavy (non-hydrogen) atoms. The Balaban J connectivity index is 2.61. The van der Waals surface area contributed by atoms with Gasteiger partial charge in [-0.05, 0) is 24.8 Å². The predicted molar refractivity (Wildman–Crippen MR) is 73.9 cm³/mol. The maximum atomic E-state index is 11.6. The molecule has 1 N–H and O–H groups in total. The summed E-state index contributed by atoms with van der Waals surface area (Å²) in [6.07, 6.45) is 1.58. The van der Waals surface area contributed by atoms with Crippen LogP contribution in [0.15, 0.2) is 30.3 Å². The van der Waals surface area contributed by atoms with Gasteiger partial charge in [-0.3, -0.25) is 4.79 Å². The number of carbonyl (C=O) groups excluding carboxylic acids is 2. The molecule has 110 valence electrons. The van der Waals surface area contributed by atoms with Crippen molar-refractivity contribution in [1.29, 1.82) is 0 Å². The molecule has 0 aliphatic rings. The number of aryl methyl sites for hydroxylation is 1. The molecule has 0 fully saturated rings. The lowest BCUT2D eigenvalue weighted by Gasteiger charge is -2.27. The van der Waals surface area contributed by atoms with Crippen LogP contribution in [0.5, 0.6) is 0 Å². The van der Waals surface area contributed by atoms with E-state index in [0.29, 0.717) is 19.3 Å². The Kier molecular flexibility index (Phi) is 6.39. The van der Waals surface area contributed by atoms with Crippen LogP contribution in [-0.4, -0.2) is 22.5 Å². The van der Waals surface area contributed by atoms with Crippen molar-refractivity contribution in [3.63, 3.8) is 0 Å². The van der Waals surface area contributed by atoms with E-state index in [1.165, 1.54) is 0 Å². The van der Waals surface area contributed by atoms with Crippen molar-refractivity contribution in [2.45, 2.75) is 51.0 Å². The smallest absolute Gasteiger partial charge is 0.141 e. The number of ketones is 1. The summed E-state index contributed by atoms with van der Waals surface area (Å²) >= 11 is 0. The molecule has 0 saturated carbocycles. The van der Waals surface area contributed by atoms with Crippen molar-refractivity contribution in [3.05, 3.63) is 35.9 Å². The van der Waals surface area contributed by atoms with E-state index in [1.54, 1.807) is 0 Å². The minimum absolute atomic E-state index is 0.123. The zero-order valence-electron chi connectivity index (χ0n) is 11.8. The number of rotatable bonds is 9. The first-order valence-electron chi connectivity index (χ1n) is 6.93. The molecule has 1 aromatic rings. The van der Waals surface area contributed by atoms with Crippen molar-refractivity contribution < 1.29 is 19.8 Å². The van der Waals surface area contributed by atoms with E-state index >= 15 is 0 Å². The predicted octanol–water partition coefficient (Wildman–Crippen LogP) is 1.25. The number of hydrogen-bond acceptors (Lipinski definition) is 4. The largest absolute Gasteiger partial charge is 0.550 e. The number of hydrogen-bond donors (Lipinski definition) is 1. The van der Waals surface area contributed by atoms with Gasteiger partial charge in [0.2, 0.25) is 0 Å². The first-order valence-corrected chi connectivity index (χ1v) is 6.93. The Labute approximate surface area is 119 Å². The summed E-state index contributed by atoms with van der Waals surface area (Å²) in [6.45, 7) is 1.93. The van der Waals surface area contributed by atoms with Crippen LogP contribution in [-0.2, 0) is 16.0 Å². The van der Waals surface area contributed by atoms with E-state index in [-0.39, 0.29) is 6.42 Å². The van der Waals surface area contributed by atoms with E-state index < -0.39 is 23.8 Å². The highest BCUT2D eigenvalue weighted by Crippen LogP contribution is 2.25. The minimum atomic E-state index is -1.39. The maximum absolute atomic E-state index is 11.6. The normalized spacial score (nSPS) is 13.7. The number of aliphatic carboxylic acids is 1. The SMILES string of the molecule is CCCC(O)(CCc1ccccc1)CC(=O)CC(=O)[O-]. The topological polar surface area (TPSA) is 77.4 Å². The highest BCUT2D eigenvalue weighted by atomic mass is 16.4. The second-order valence-corrected chi connectivity index (χ2v) is 5.22. The van der Waals surface area contributed by atoms with Gasteiger partial charge in [-0.25, -0.2) is 0 Å². The molecule has 1 rings (SSSR count). The van der Waals surface area contributed by atoms with Crippen LogP contribution >= 0.6 is 0 Å². The van der Waals surface area contributed by atoms with Gasteiger partial charge in [-0.2, -0.15) is 0 Å². The average Bonchev–Trinajstić information content (AvgIpc) is 2.37. The molecule has 0 aliphatic carbocycles. The highest BCUT2D eigenvalue weighted by molar-refractivity contribution is 5.94. The van der Waals surface area contributed by atoms with Gasteiger partial charge in [0, 0.05) is 18.8 Å². The Bertz CT molecular complexity index is 441. The van der Waals surface area contributed by atoms with Gasteiger partial charge in [-0.1, -0.05) is 43.7 Å². The van der Waals surface area contributed by atoms with Gasteiger partial charge in [-0.15, -0.1) is 0 Å². The van der Waals surface area contributed by atoms with E-state index in [1.807, 2.05) is 37.3 Å². The van der Waals surface area contributed by atoms with Crippen molar-refractivity contribution in [3.8, 4) is 0 Å². The zero-order chi connectivity index (χ0) is 15.0. The molecule has 0 amide bonds. The number of benzene rings is 1. The van der Waals surface area contributed by atoms with E-state index in [9.17, 15) is 19.8 Å². The first-order chi connectivity index (χ1) is 9.45. The number of aliphatic hydroxyl groups is 1. The fourth-order valence-corrected chi connectivity index (χ4v) is 2.38. The quantitative estimate of drug-likeness (QED) is 0.689. The van der Waals surface area contributed by atoms with E-state index in [2.05, 4.69) is 0 Å². The third-order valence-corrected chi connectivity index (χ3v) is 3.30. The molecule has 0 aliphatic heterocycles. The molecule has 1 atom stereocenters. The lowest BCUT2D eigenvalue weighted by Crippen LogP contribution is -2.34. The van der Waals surface area contributed by atoms with Crippen LogP contribution in [0, 0.1) is 0 Å². The van der Waals surface area contributed by atoms with Gasteiger partial charge in [0.25, 0.3) is 0 Å². The second kappa shape index (κ2) is 7.80. The molecule has 1 aromatic carbocycles. The number of carboxylic acid groups (broad SMARTS) is 1. The fourth-order valence-electron chi connectivity index (χ4n) is 2.38. The molecular formula is C16H21O4-. The average molecular weight is 277 g/mol. The summed E-state index contributed by atoms with van der Waals surface area (Å²) in [5.74, 6) is -1.87. The van der Waals surface area contributed by atoms with E-state index in [0.717, 1.165) is 12.0 Å². The summed E-state index contributed by atoms with van der Waals surface area (Å²) in [4.78, 5) is 22.0. The van der Waals surface area contributed by atoms with Crippen LogP contribution in [0.25, 0.3) is 0 Å². The van der Waals surface area contributed by atoms with Crippen LogP contribution in [0.1, 0.15) is 44.6 Å². The van der Waals surface area contributed by atoms with Crippen molar-refractivity contribution >= 4 is 11.8 Å². The Morgan fingerprint density at radius 1 is 1.20 bits per heavy atom. The van der Waals surface area contributed by atoms with Crippen molar-refractivity contribution in [2.24, 2.45) is 0 Å². The number of carboxylic acids is 1. The maximum Gasteiger partial charge on any atom is 0.141 e. The molecule has 0 heterocycles. The monoisotopic (exact) mass is 277 g/mol. The van der Waals surface area contributed by atoms with Crippen LogP contribution in [0.3, 0.4) is 0 Å². The molecule has 4 nitrogen and oxygen atoms in total. The van der Waals surface area contributed by atoms with Gasteiger partial charge in [0.1, 0.15) is 5.78 Å². The molecule has 1 unspecified atom stereocenters. The summed E-state index contributed by atoms with van der Waals surface area (Å²) in [5.41, 5.74) is -0.0358. The van der Waals surface area contributed by atoms with Crippen LogP contribution < -0.4 is 5.11 Å². The lowest BCUT2D eigenvalue weighted by atomic mass is 9.85.